The van der Waals surface area contributed by atoms with Gasteiger partial charge < -0.3 is 0 Å². The molecule has 9 nitrogen and oxygen atoms in total. The van der Waals surface area contributed by atoms with Crippen molar-refractivity contribution in [3.05, 3.63) is 0 Å². The molecule has 0 rings (SSSR count). The molecule has 0 aromatic carbocycles. The molecular formula is C10H17IN3O6S2-. The number of hydrogen-bond donors (Lipinski definition) is 7. The third-order valence-electron chi connectivity index (χ3n) is 2.42. The van der Waals surface area contributed by atoms with Crippen molar-refractivity contribution in [1.29, 1.82) is 0 Å². The molecule has 0 aromatic heterocycles. The molecule has 0 aromatic rings. The van der Waals surface area contributed by atoms with Crippen LogP contribution in [0.3, 0.4) is 0 Å². The number of halogens is 1. The fourth-order valence-electron chi connectivity index (χ4n) is 1.22. The van der Waals surface area contributed by atoms with Crippen molar-refractivity contribution in [3.8, 4) is 0 Å². The zero-order chi connectivity index (χ0) is 17.3. The van der Waals surface area contributed by atoms with Gasteiger partial charge in [0.2, 0.25) is 0 Å². The number of carbonyl (C=O) groups is 4. The Labute approximate surface area is 146 Å². The predicted molar refractivity (Wildman–Crippen MR) is 79.2 cm³/mol. The van der Waals surface area contributed by atoms with Gasteiger partial charge in [-0.05, 0) is 0 Å². The molecule has 0 aliphatic rings. The van der Waals surface area contributed by atoms with Crippen molar-refractivity contribution >= 4 is 46.2 Å². The van der Waals surface area contributed by atoms with Gasteiger partial charge in [-0.1, -0.05) is 0 Å². The number of rotatable bonds is 10. The van der Waals surface area contributed by atoms with Gasteiger partial charge in [0.15, 0.2) is 0 Å². The molecule has 0 bridgehead atoms. The van der Waals surface area contributed by atoms with Crippen molar-refractivity contribution in [2.24, 2.45) is 5.73 Å². The van der Waals surface area contributed by atoms with E-state index < -0.39 is 59.7 Å². The number of carbonyl (C=O) groups excluding carboxylic acids is 2. The van der Waals surface area contributed by atoms with Gasteiger partial charge >= 0.3 is 146 Å². The third kappa shape index (κ3) is 8.05. The Morgan fingerprint density at radius 3 is 2.14 bits per heavy atom. The van der Waals surface area contributed by atoms with Crippen LogP contribution in [0, 0.1) is 0 Å². The van der Waals surface area contributed by atoms with Gasteiger partial charge in [0, 0.05) is 0 Å². The standard InChI is InChI=1S/C10H17IN3O6S2/c12-4(9(17)18)1-2-6(15)13-5(3-21)8(16)14-7(11-22)10(19)20/h4-5,7,21-22H,1-3,12H2,(H,13,15)(H,14,16)(H,17,18)(H,19,20)/q-1/t4-,5-,7+/m0/s1. The number of amides is 2. The number of carboxylic acid groups (broad SMARTS) is 2. The average molecular weight is 466 g/mol. The molecule has 0 fully saturated rings. The maximum absolute atomic E-state index is 11.9. The van der Waals surface area contributed by atoms with Crippen molar-refractivity contribution < 1.29 is 49.2 Å². The summed E-state index contributed by atoms with van der Waals surface area (Å²) in [5.74, 6) is -3.73. The summed E-state index contributed by atoms with van der Waals surface area (Å²) in [5.41, 5.74) is 5.26. The first kappa shape index (κ1) is 21.3. The molecule has 128 valence electrons. The average Bonchev–Trinajstić information content (AvgIpc) is 2.46. The second-order valence-corrected chi connectivity index (χ2v) is 7.57. The Morgan fingerprint density at radius 1 is 1.14 bits per heavy atom. The minimum atomic E-state index is -1.22. The number of thiol groups is 2. The topological polar surface area (TPSA) is 159 Å². The van der Waals surface area contributed by atoms with Crippen LogP contribution in [0.2, 0.25) is 0 Å². The third-order valence-corrected chi connectivity index (χ3v) is 5.49. The molecule has 0 heterocycles. The van der Waals surface area contributed by atoms with Crippen LogP contribution < -0.4 is 36.2 Å². The molecule has 22 heavy (non-hydrogen) atoms. The second-order valence-electron chi connectivity index (χ2n) is 4.09. The maximum atomic E-state index is 11.9. The van der Waals surface area contributed by atoms with Crippen LogP contribution in [0.15, 0.2) is 0 Å². The van der Waals surface area contributed by atoms with Crippen molar-refractivity contribution in [2.75, 3.05) is 5.75 Å². The number of hydrogen-bond acceptors (Lipinski definition) is 7. The number of aliphatic carboxylic acids is 2. The summed E-state index contributed by atoms with van der Waals surface area (Å²) in [6, 6.07) is -2.19. The first-order chi connectivity index (χ1) is 10.2. The molecule has 0 unspecified atom stereocenters. The summed E-state index contributed by atoms with van der Waals surface area (Å²) in [7, 11) is 3.91. The van der Waals surface area contributed by atoms with E-state index in [4.69, 9.17) is 15.9 Å². The summed E-state index contributed by atoms with van der Waals surface area (Å²) in [4.78, 5) is 44.8. The fourth-order valence-corrected chi connectivity index (χ4v) is 3.05. The van der Waals surface area contributed by atoms with Crippen LogP contribution in [-0.4, -0.2) is 55.9 Å². The monoisotopic (exact) mass is 466 g/mol. The van der Waals surface area contributed by atoms with Gasteiger partial charge in [-0.15, -0.1) is 0 Å². The zero-order valence-electron chi connectivity index (χ0n) is 11.2. The normalized spacial score (nSPS) is 14.7. The van der Waals surface area contributed by atoms with Crippen LogP contribution >= 0.6 is 22.4 Å². The van der Waals surface area contributed by atoms with Crippen molar-refractivity contribution in [3.63, 3.8) is 0 Å². The molecule has 0 spiro atoms. The van der Waals surface area contributed by atoms with E-state index in [0.29, 0.717) is 0 Å². The molecule has 0 aliphatic carbocycles. The summed E-state index contributed by atoms with van der Waals surface area (Å²) in [6.45, 7) is 0. The first-order valence-electron chi connectivity index (χ1n) is 5.91. The van der Waals surface area contributed by atoms with Crippen LogP contribution in [0.5, 0.6) is 0 Å². The first-order valence-corrected chi connectivity index (χ1v) is 11.0. The Bertz CT molecular complexity index is 439. The van der Waals surface area contributed by atoms with E-state index in [2.05, 4.69) is 33.1 Å². The van der Waals surface area contributed by atoms with Crippen LogP contribution in [-0.2, 0) is 19.2 Å². The molecule has 0 saturated carbocycles. The number of nitrogens with two attached hydrogens (primary N) is 1. The molecule has 6 N–H and O–H groups in total. The number of carboxylic acids is 2. The molecule has 2 amide bonds. The summed E-state index contributed by atoms with van der Waals surface area (Å²) >= 11 is 2.86. The van der Waals surface area contributed by atoms with Crippen LogP contribution in [0.25, 0.3) is 0 Å². The summed E-state index contributed by atoms with van der Waals surface area (Å²) < 4.78 is -1.07. The van der Waals surface area contributed by atoms with E-state index in [1.54, 1.807) is 0 Å². The van der Waals surface area contributed by atoms with E-state index in [9.17, 15) is 19.2 Å². The Morgan fingerprint density at radius 2 is 1.73 bits per heavy atom. The van der Waals surface area contributed by atoms with E-state index in [0.717, 1.165) is 0 Å². The van der Waals surface area contributed by atoms with Gasteiger partial charge in [0.25, 0.3) is 0 Å². The van der Waals surface area contributed by atoms with Gasteiger partial charge in [-0.25, -0.2) is 0 Å². The number of alkyl halides is 1. The zero-order valence-corrected chi connectivity index (χ0v) is 15.2. The predicted octanol–water partition coefficient (Wildman–Crippen LogP) is -4.95. The van der Waals surface area contributed by atoms with Gasteiger partial charge in [-0.3, -0.25) is 0 Å². The molecule has 0 aliphatic heterocycles. The molecular weight excluding hydrogens is 449 g/mol. The molecule has 0 radical (unpaired) electrons. The quantitative estimate of drug-likeness (QED) is 0.0736. The number of nitrogens with one attached hydrogen (secondary N) is 2. The van der Waals surface area contributed by atoms with Crippen molar-refractivity contribution in [2.45, 2.75) is 29.0 Å². The van der Waals surface area contributed by atoms with E-state index in [-0.39, 0.29) is 18.6 Å². The van der Waals surface area contributed by atoms with Crippen LogP contribution in [0.1, 0.15) is 12.8 Å². The minimum absolute atomic E-state index is 0.0419. The van der Waals surface area contributed by atoms with E-state index in [1.807, 2.05) is 0 Å². The van der Waals surface area contributed by atoms with Gasteiger partial charge in [0.1, 0.15) is 0 Å². The Kier molecular flexibility index (Phi) is 10.5. The second kappa shape index (κ2) is 10.9. The fraction of sp³-hybridized carbons (Fsp3) is 0.600. The molecule has 3 atom stereocenters. The van der Waals surface area contributed by atoms with E-state index >= 15 is 0 Å². The van der Waals surface area contributed by atoms with Gasteiger partial charge in [0.05, 0.1) is 0 Å². The van der Waals surface area contributed by atoms with E-state index in [1.165, 1.54) is 0 Å². The molecule has 12 heteroatoms. The Hall–Kier alpha value is -0.730. The Balaban J connectivity index is 4.45. The molecule has 0 saturated heterocycles. The van der Waals surface area contributed by atoms with Gasteiger partial charge in [-0.2, -0.15) is 0 Å². The summed E-state index contributed by atoms with van der Waals surface area (Å²) in [6.07, 6.45) is -0.255. The summed E-state index contributed by atoms with van der Waals surface area (Å²) in [5, 5.41) is 22.0. The van der Waals surface area contributed by atoms with Crippen molar-refractivity contribution in [1.82, 2.24) is 10.6 Å². The van der Waals surface area contributed by atoms with Crippen LogP contribution in [0.4, 0.5) is 0 Å². The SMILES string of the molecule is N[C@@H](CCC(=O)N[C@@H](CS)C(=O)N[C@@H]([I-]S)C(=O)O)C(=O)O.